The van der Waals surface area contributed by atoms with E-state index >= 15 is 0 Å². The molecule has 3 aliphatic rings. The van der Waals surface area contributed by atoms with Crippen LogP contribution in [0.1, 0.15) is 38.2 Å². The second-order valence-corrected chi connectivity index (χ2v) is 11.2. The van der Waals surface area contributed by atoms with Crippen LogP contribution in [-0.2, 0) is 35.1 Å². The van der Waals surface area contributed by atoms with Crippen LogP contribution in [0.2, 0.25) is 0 Å². The normalized spacial score (nSPS) is 22.3. The van der Waals surface area contributed by atoms with Crippen molar-refractivity contribution < 1.29 is 38.5 Å². The fourth-order valence-electron chi connectivity index (χ4n) is 5.16. The summed E-state index contributed by atoms with van der Waals surface area (Å²) in [6.45, 7) is 3.64. The zero-order valence-corrected chi connectivity index (χ0v) is 24.4. The number of carbonyl (C=O) groups is 4. The quantitative estimate of drug-likeness (QED) is 0.162. The van der Waals surface area contributed by atoms with Crippen LogP contribution < -0.4 is 20.7 Å². The summed E-state index contributed by atoms with van der Waals surface area (Å²) < 4.78 is 15.9. The Balaban J connectivity index is 1.47. The second-order valence-electron chi connectivity index (χ2n) is 11.2. The number of ketones is 1. The monoisotopic (exact) mass is 586 g/mol. The first-order valence-electron chi connectivity index (χ1n) is 14.5. The Labute approximate surface area is 246 Å². The molecule has 2 saturated heterocycles. The number of benzene rings is 1. The number of nitrogens with zero attached hydrogens (tertiary/aromatic N) is 1. The molecule has 230 valence electrons. The number of nitrogens with one attached hydrogen (secondary N) is 3. The van der Waals surface area contributed by atoms with E-state index in [-0.39, 0.29) is 18.7 Å². The lowest BCUT2D eigenvalue weighted by Gasteiger charge is -2.27. The lowest BCUT2D eigenvalue weighted by atomic mass is 9.94. The fourth-order valence-corrected chi connectivity index (χ4v) is 5.16. The molecule has 12 heteroatoms. The van der Waals surface area contributed by atoms with Crippen molar-refractivity contribution in [3.05, 3.63) is 41.5 Å². The van der Waals surface area contributed by atoms with Crippen LogP contribution >= 0.6 is 0 Å². The highest BCUT2D eigenvalue weighted by Gasteiger charge is 2.50. The molecule has 4 atom stereocenters. The number of hydrogen-bond donors (Lipinski definition) is 4. The Hall–Kier alpha value is -3.32. The Morgan fingerprint density at radius 1 is 1.00 bits per heavy atom. The number of hydrogen-bond acceptors (Lipinski definition) is 9. The van der Waals surface area contributed by atoms with Gasteiger partial charge in [-0.25, -0.2) is 0 Å². The summed E-state index contributed by atoms with van der Waals surface area (Å²) >= 11 is 0. The van der Waals surface area contributed by atoms with Crippen molar-refractivity contribution in [1.29, 1.82) is 0 Å². The molecule has 12 nitrogen and oxygen atoms in total. The summed E-state index contributed by atoms with van der Waals surface area (Å²) in [4.78, 5) is 54.8. The Morgan fingerprint density at radius 2 is 1.67 bits per heavy atom. The minimum atomic E-state index is -1.26. The van der Waals surface area contributed by atoms with E-state index in [1.165, 1.54) is 0 Å². The molecular weight excluding hydrogens is 544 g/mol. The third-order valence-electron chi connectivity index (χ3n) is 7.87. The lowest BCUT2D eigenvalue weighted by Crippen LogP contribution is -2.58. The number of amides is 3. The van der Waals surface area contributed by atoms with E-state index < -0.39 is 48.1 Å². The van der Waals surface area contributed by atoms with Gasteiger partial charge in [-0.05, 0) is 50.3 Å². The van der Waals surface area contributed by atoms with Crippen molar-refractivity contribution in [3.8, 4) is 5.75 Å². The standard InChI is InChI=1S/C30H42N4O8/c1-30(19-42-30)27(37)23(15-20-5-3-4-6-20)32-28(38)24(16-21-7-9-22(40-2)10-8-21)33-29(39)25(18-35)31-26(36)17-34-11-13-41-14-12-34/h5,7-10,23-25,35H,3-4,6,11-19H2,1-2H3,(H,31,36)(H,32,38)(H,33,39). The van der Waals surface area contributed by atoms with Crippen LogP contribution in [0.3, 0.4) is 0 Å². The molecule has 2 aliphatic heterocycles. The first kappa shape index (κ1) is 31.6. The van der Waals surface area contributed by atoms with Gasteiger partial charge in [0.15, 0.2) is 5.78 Å². The summed E-state index contributed by atoms with van der Waals surface area (Å²) in [6.07, 6.45) is 5.40. The SMILES string of the molecule is COc1ccc(CC(NC(=O)C(CO)NC(=O)CN2CCOCC2)C(=O)NC(CC2=CCCC2)C(=O)C2(C)CO2)cc1. The average molecular weight is 587 g/mol. The number of allylic oxidation sites excluding steroid dienone is 1. The Morgan fingerprint density at radius 3 is 2.26 bits per heavy atom. The van der Waals surface area contributed by atoms with Gasteiger partial charge < -0.3 is 35.3 Å². The maximum atomic E-state index is 13.7. The molecule has 1 aromatic carbocycles. The zero-order valence-electron chi connectivity index (χ0n) is 24.4. The van der Waals surface area contributed by atoms with E-state index in [2.05, 4.69) is 22.0 Å². The van der Waals surface area contributed by atoms with Gasteiger partial charge in [0.25, 0.3) is 0 Å². The molecule has 0 aromatic heterocycles. The van der Waals surface area contributed by atoms with E-state index in [0.717, 1.165) is 30.4 Å². The Bertz CT molecular complexity index is 1140. The number of aliphatic hydroxyl groups excluding tert-OH is 1. The predicted molar refractivity (Wildman–Crippen MR) is 153 cm³/mol. The van der Waals surface area contributed by atoms with Crippen LogP contribution in [0.5, 0.6) is 5.75 Å². The zero-order chi connectivity index (χ0) is 30.1. The fraction of sp³-hybridized carbons (Fsp3) is 0.600. The summed E-state index contributed by atoms with van der Waals surface area (Å²) in [5.41, 5.74) is 0.919. The summed E-state index contributed by atoms with van der Waals surface area (Å²) in [7, 11) is 1.55. The highest BCUT2D eigenvalue weighted by Crippen LogP contribution is 2.31. The van der Waals surface area contributed by atoms with E-state index in [1.807, 2.05) is 4.90 Å². The van der Waals surface area contributed by atoms with Crippen molar-refractivity contribution in [3.63, 3.8) is 0 Å². The van der Waals surface area contributed by atoms with E-state index in [4.69, 9.17) is 14.2 Å². The Kier molecular flexibility index (Phi) is 11.1. The van der Waals surface area contributed by atoms with Crippen LogP contribution in [0, 0.1) is 0 Å². The molecule has 42 heavy (non-hydrogen) atoms. The molecule has 1 aliphatic carbocycles. The van der Waals surface area contributed by atoms with Gasteiger partial charge in [-0.3, -0.25) is 24.1 Å². The van der Waals surface area contributed by atoms with Crippen LogP contribution in [0.25, 0.3) is 0 Å². The van der Waals surface area contributed by atoms with Crippen LogP contribution in [0.15, 0.2) is 35.9 Å². The molecule has 3 amide bonds. The first-order valence-corrected chi connectivity index (χ1v) is 14.5. The number of Topliss-reactive ketones (excluding diaryl/α,β-unsaturated/α-hetero) is 1. The third-order valence-corrected chi connectivity index (χ3v) is 7.87. The van der Waals surface area contributed by atoms with E-state index in [1.54, 1.807) is 38.3 Å². The van der Waals surface area contributed by atoms with Gasteiger partial charge in [0.2, 0.25) is 17.7 Å². The first-order chi connectivity index (χ1) is 20.2. The van der Waals surface area contributed by atoms with Gasteiger partial charge in [0, 0.05) is 19.5 Å². The highest BCUT2D eigenvalue weighted by atomic mass is 16.6. The maximum absolute atomic E-state index is 13.7. The molecular formula is C30H42N4O8. The lowest BCUT2D eigenvalue weighted by molar-refractivity contribution is -0.135. The van der Waals surface area contributed by atoms with Gasteiger partial charge in [-0.1, -0.05) is 23.8 Å². The van der Waals surface area contributed by atoms with Crippen molar-refractivity contribution in [2.75, 3.05) is 53.2 Å². The number of rotatable bonds is 15. The molecule has 0 spiro atoms. The van der Waals surface area contributed by atoms with E-state index in [9.17, 15) is 24.3 Å². The number of ether oxygens (including phenoxy) is 3. The predicted octanol–water partition coefficient (Wildman–Crippen LogP) is -0.125. The molecule has 0 bridgehead atoms. The number of methoxy groups -OCH3 is 1. The topological polar surface area (TPSA) is 159 Å². The molecule has 4 rings (SSSR count). The maximum Gasteiger partial charge on any atom is 0.245 e. The molecule has 0 saturated carbocycles. The number of epoxide rings is 1. The minimum Gasteiger partial charge on any atom is -0.497 e. The van der Waals surface area contributed by atoms with Crippen LogP contribution in [0.4, 0.5) is 0 Å². The summed E-state index contributed by atoms with van der Waals surface area (Å²) in [6, 6.07) is 3.90. The molecule has 1 aromatic rings. The van der Waals surface area contributed by atoms with Gasteiger partial charge >= 0.3 is 0 Å². The molecule has 2 heterocycles. The number of carbonyl (C=O) groups excluding carboxylic acids is 4. The number of morpholine rings is 1. The minimum absolute atomic E-state index is 0.0589. The number of aliphatic hydroxyl groups is 1. The molecule has 2 fully saturated rings. The van der Waals surface area contributed by atoms with Gasteiger partial charge in [-0.2, -0.15) is 0 Å². The van der Waals surface area contributed by atoms with Gasteiger partial charge in [0.05, 0.1) is 46.1 Å². The van der Waals surface area contributed by atoms with Crippen LogP contribution in [-0.4, -0.2) is 110 Å². The second kappa shape index (κ2) is 14.7. The molecule has 0 radical (unpaired) electrons. The largest absolute Gasteiger partial charge is 0.497 e. The van der Waals surface area contributed by atoms with E-state index in [0.29, 0.717) is 45.1 Å². The average Bonchev–Trinajstić information content (AvgIpc) is 3.53. The van der Waals surface area contributed by atoms with Crippen molar-refractivity contribution in [2.45, 2.75) is 62.8 Å². The highest BCUT2D eigenvalue weighted by molar-refractivity contribution is 5.98. The smallest absolute Gasteiger partial charge is 0.245 e. The van der Waals surface area contributed by atoms with Gasteiger partial charge in [0.1, 0.15) is 23.4 Å². The van der Waals surface area contributed by atoms with Crippen molar-refractivity contribution in [2.24, 2.45) is 0 Å². The summed E-state index contributed by atoms with van der Waals surface area (Å²) in [5.74, 6) is -1.24. The molecule has 4 unspecified atom stereocenters. The third kappa shape index (κ3) is 8.84. The van der Waals surface area contributed by atoms with Crippen molar-refractivity contribution >= 4 is 23.5 Å². The van der Waals surface area contributed by atoms with Crippen molar-refractivity contribution in [1.82, 2.24) is 20.9 Å². The van der Waals surface area contributed by atoms with Gasteiger partial charge in [-0.15, -0.1) is 0 Å². The molecule has 4 N–H and O–H groups in total. The summed E-state index contributed by atoms with van der Waals surface area (Å²) in [5, 5.41) is 18.1.